The first-order valence-corrected chi connectivity index (χ1v) is 9.85. The maximum Gasteiger partial charge on any atom is 0.118 e. The van der Waals surface area contributed by atoms with Crippen LogP contribution in [0.5, 0.6) is 5.75 Å². The van der Waals surface area contributed by atoms with Crippen LogP contribution in [-0.2, 0) is 0 Å². The van der Waals surface area contributed by atoms with Crippen molar-refractivity contribution in [2.45, 2.75) is 44.3 Å². The molecule has 3 fully saturated rings. The molecule has 5 nitrogen and oxygen atoms in total. The van der Waals surface area contributed by atoms with Gasteiger partial charge >= 0.3 is 0 Å². The van der Waals surface area contributed by atoms with Crippen molar-refractivity contribution in [1.82, 2.24) is 20.7 Å². The number of nitrogens with one attached hydrogen (secondary N) is 2. The Morgan fingerprint density at radius 3 is 2.68 bits per heavy atom. The van der Waals surface area contributed by atoms with Crippen LogP contribution in [0.1, 0.15) is 37.8 Å². The normalized spacial score (nSPS) is 31.8. The minimum absolute atomic E-state index is 0.388. The predicted octanol–water partition coefficient (Wildman–Crippen LogP) is 2.02. The predicted molar refractivity (Wildman–Crippen MR) is 101 cm³/mol. The van der Waals surface area contributed by atoms with Crippen LogP contribution < -0.4 is 15.6 Å². The summed E-state index contributed by atoms with van der Waals surface area (Å²) in [5, 5.41) is 0. The zero-order valence-corrected chi connectivity index (χ0v) is 15.6. The highest BCUT2D eigenvalue weighted by Crippen LogP contribution is 2.30. The van der Waals surface area contributed by atoms with E-state index in [0.29, 0.717) is 12.0 Å². The molecule has 0 saturated carbocycles. The molecule has 3 saturated heterocycles. The first kappa shape index (κ1) is 17.3. The fraction of sp³-hybridized carbons (Fsp3) is 0.700. The monoisotopic (exact) mass is 344 g/mol. The number of nitrogens with zero attached hydrogens (tertiary/aromatic N) is 2. The largest absolute Gasteiger partial charge is 0.497 e. The van der Waals surface area contributed by atoms with Gasteiger partial charge in [-0.05, 0) is 44.0 Å². The highest BCUT2D eigenvalue weighted by molar-refractivity contribution is 5.30. The molecule has 0 aliphatic carbocycles. The topological polar surface area (TPSA) is 39.8 Å². The minimum Gasteiger partial charge on any atom is -0.497 e. The van der Waals surface area contributed by atoms with E-state index in [2.05, 4.69) is 51.8 Å². The van der Waals surface area contributed by atoms with Gasteiger partial charge in [0.15, 0.2) is 0 Å². The molecule has 3 heterocycles. The fourth-order valence-corrected chi connectivity index (χ4v) is 4.77. The number of rotatable bonds is 5. The lowest BCUT2D eigenvalue weighted by molar-refractivity contribution is -0.00911. The molecule has 0 bridgehead atoms. The number of hydrazine groups is 1. The summed E-state index contributed by atoms with van der Waals surface area (Å²) < 4.78 is 5.28. The van der Waals surface area contributed by atoms with Gasteiger partial charge in [0.2, 0.25) is 0 Å². The van der Waals surface area contributed by atoms with Gasteiger partial charge in [-0.15, -0.1) is 0 Å². The molecule has 3 aliphatic rings. The van der Waals surface area contributed by atoms with Gasteiger partial charge in [-0.2, -0.15) is 0 Å². The Morgan fingerprint density at radius 1 is 1.16 bits per heavy atom. The van der Waals surface area contributed by atoms with E-state index in [1.807, 2.05) is 0 Å². The van der Waals surface area contributed by atoms with Crippen LogP contribution in [0.25, 0.3) is 0 Å². The fourth-order valence-electron chi connectivity index (χ4n) is 4.77. The summed E-state index contributed by atoms with van der Waals surface area (Å²) in [5.74, 6) is 1.54. The van der Waals surface area contributed by atoms with Gasteiger partial charge in [-0.25, -0.2) is 5.43 Å². The standard InChI is InChI=1S/C20H32N4O/c1-15-5-3-4-10-24(15)18-13-23(14-18)12-17-11-21-22-20(17)16-6-8-19(25-2)9-7-16/h6-9,15,17-18,20-22H,3-5,10-14H2,1-2H3. The van der Waals surface area contributed by atoms with E-state index in [-0.39, 0.29) is 0 Å². The van der Waals surface area contributed by atoms with Crippen LogP contribution >= 0.6 is 0 Å². The Balaban J connectivity index is 1.30. The zero-order chi connectivity index (χ0) is 17.2. The number of hydrogen-bond donors (Lipinski definition) is 2. The Labute approximate surface area is 151 Å². The average molecular weight is 345 g/mol. The van der Waals surface area contributed by atoms with Gasteiger partial charge in [-0.1, -0.05) is 18.6 Å². The van der Waals surface area contributed by atoms with Crippen molar-refractivity contribution in [3.63, 3.8) is 0 Å². The second-order valence-electron chi connectivity index (χ2n) is 7.99. The van der Waals surface area contributed by atoms with Gasteiger partial charge in [0.1, 0.15) is 5.75 Å². The molecule has 0 aromatic heterocycles. The summed E-state index contributed by atoms with van der Waals surface area (Å²) >= 11 is 0. The molecule has 1 aromatic carbocycles. The first-order valence-electron chi connectivity index (χ1n) is 9.85. The Bertz CT molecular complexity index is 557. The molecule has 25 heavy (non-hydrogen) atoms. The number of hydrogen-bond acceptors (Lipinski definition) is 5. The summed E-state index contributed by atoms with van der Waals surface area (Å²) in [6.07, 6.45) is 4.18. The molecule has 3 unspecified atom stereocenters. The van der Waals surface area contributed by atoms with E-state index < -0.39 is 0 Å². The third kappa shape index (κ3) is 3.70. The Morgan fingerprint density at radius 2 is 1.96 bits per heavy atom. The van der Waals surface area contributed by atoms with Gasteiger partial charge in [0.05, 0.1) is 13.2 Å². The summed E-state index contributed by atoms with van der Waals surface area (Å²) in [6, 6.07) is 10.4. The number of methoxy groups -OCH3 is 1. The van der Waals surface area contributed by atoms with Crippen molar-refractivity contribution in [2.24, 2.45) is 5.92 Å². The van der Waals surface area contributed by atoms with Gasteiger partial charge in [0, 0.05) is 44.2 Å². The van der Waals surface area contributed by atoms with E-state index in [4.69, 9.17) is 4.74 Å². The van der Waals surface area contributed by atoms with Crippen LogP contribution in [0.4, 0.5) is 0 Å². The molecular formula is C20H32N4O. The summed E-state index contributed by atoms with van der Waals surface area (Å²) in [4.78, 5) is 5.40. The van der Waals surface area contributed by atoms with E-state index in [0.717, 1.165) is 24.4 Å². The smallest absolute Gasteiger partial charge is 0.118 e. The van der Waals surface area contributed by atoms with Crippen LogP contribution in [0.15, 0.2) is 24.3 Å². The Kier molecular flexibility index (Phi) is 5.27. The third-order valence-electron chi connectivity index (χ3n) is 6.32. The first-order chi connectivity index (χ1) is 12.2. The van der Waals surface area contributed by atoms with Crippen LogP contribution in [0.3, 0.4) is 0 Å². The quantitative estimate of drug-likeness (QED) is 0.855. The van der Waals surface area contributed by atoms with Crippen LogP contribution in [-0.4, -0.2) is 61.7 Å². The lowest BCUT2D eigenvalue weighted by Crippen LogP contribution is -2.63. The number of benzene rings is 1. The molecule has 4 rings (SSSR count). The van der Waals surface area contributed by atoms with E-state index in [9.17, 15) is 0 Å². The van der Waals surface area contributed by atoms with Crippen LogP contribution in [0.2, 0.25) is 0 Å². The summed E-state index contributed by atoms with van der Waals surface area (Å²) in [6.45, 7) is 8.42. The van der Waals surface area contributed by atoms with E-state index >= 15 is 0 Å². The van der Waals surface area contributed by atoms with Crippen molar-refractivity contribution in [2.75, 3.05) is 39.8 Å². The third-order valence-corrected chi connectivity index (χ3v) is 6.32. The number of likely N-dealkylation sites (tertiary alicyclic amines) is 2. The van der Waals surface area contributed by atoms with Crippen molar-refractivity contribution in [1.29, 1.82) is 0 Å². The average Bonchev–Trinajstić information content (AvgIpc) is 3.07. The second kappa shape index (κ2) is 7.62. The molecule has 1 aromatic rings. The molecule has 2 N–H and O–H groups in total. The molecular weight excluding hydrogens is 312 g/mol. The van der Waals surface area contributed by atoms with Crippen molar-refractivity contribution in [3.8, 4) is 5.75 Å². The zero-order valence-electron chi connectivity index (χ0n) is 15.6. The molecule has 5 heteroatoms. The molecule has 0 amide bonds. The van der Waals surface area contributed by atoms with Gasteiger partial charge in [-0.3, -0.25) is 15.2 Å². The molecule has 3 aliphatic heterocycles. The SMILES string of the molecule is COc1ccc(C2NNCC2CN2CC(N3CCCCC3C)C2)cc1. The Hall–Kier alpha value is -1.14. The highest BCUT2D eigenvalue weighted by atomic mass is 16.5. The molecule has 0 spiro atoms. The van der Waals surface area contributed by atoms with Crippen molar-refractivity contribution >= 4 is 0 Å². The lowest BCUT2D eigenvalue weighted by Gasteiger charge is -2.50. The maximum absolute atomic E-state index is 5.28. The van der Waals surface area contributed by atoms with E-state index in [1.54, 1.807) is 7.11 Å². The lowest BCUT2D eigenvalue weighted by atomic mass is 9.92. The second-order valence-corrected chi connectivity index (χ2v) is 7.99. The van der Waals surface area contributed by atoms with Crippen molar-refractivity contribution < 1.29 is 4.74 Å². The van der Waals surface area contributed by atoms with Crippen molar-refractivity contribution in [3.05, 3.63) is 29.8 Å². The number of ether oxygens (including phenoxy) is 1. The molecule has 0 radical (unpaired) electrons. The maximum atomic E-state index is 5.28. The van der Waals surface area contributed by atoms with Gasteiger partial charge < -0.3 is 4.74 Å². The highest BCUT2D eigenvalue weighted by Gasteiger charge is 2.38. The van der Waals surface area contributed by atoms with Gasteiger partial charge in [0.25, 0.3) is 0 Å². The van der Waals surface area contributed by atoms with E-state index in [1.165, 1.54) is 51.0 Å². The minimum atomic E-state index is 0.388. The number of piperidine rings is 1. The summed E-state index contributed by atoms with van der Waals surface area (Å²) in [7, 11) is 1.72. The van der Waals surface area contributed by atoms with Crippen LogP contribution in [0, 0.1) is 5.92 Å². The summed E-state index contributed by atoms with van der Waals surface area (Å²) in [5.41, 5.74) is 8.18. The molecule has 3 atom stereocenters. The molecule has 138 valence electrons.